The van der Waals surface area contributed by atoms with E-state index in [9.17, 15) is 4.79 Å². The summed E-state index contributed by atoms with van der Waals surface area (Å²) in [6.45, 7) is 1.65. The summed E-state index contributed by atoms with van der Waals surface area (Å²) >= 11 is 8.54. The van der Waals surface area contributed by atoms with Gasteiger partial charge in [0.05, 0.1) is 0 Å². The van der Waals surface area contributed by atoms with Gasteiger partial charge in [0.2, 0.25) is 0 Å². The lowest BCUT2D eigenvalue weighted by Crippen LogP contribution is -2.23. The molecular formula is C10H21NO2S2. The van der Waals surface area contributed by atoms with Gasteiger partial charge in [-0.05, 0) is 31.9 Å². The van der Waals surface area contributed by atoms with E-state index in [0.717, 1.165) is 31.4 Å². The molecule has 0 bridgehead atoms. The summed E-state index contributed by atoms with van der Waals surface area (Å²) in [7, 11) is 0. The quantitative estimate of drug-likeness (QED) is 0.268. The van der Waals surface area contributed by atoms with Crippen molar-refractivity contribution in [2.45, 2.75) is 50.5 Å². The molecule has 15 heavy (non-hydrogen) atoms. The molecule has 0 heterocycles. The predicted molar refractivity (Wildman–Crippen MR) is 69.5 cm³/mol. The zero-order chi connectivity index (χ0) is 11.7. The number of carbonyl (C=O) groups is 1. The summed E-state index contributed by atoms with van der Waals surface area (Å²) in [5.41, 5.74) is 5.32. The van der Waals surface area contributed by atoms with Gasteiger partial charge in [-0.1, -0.05) is 6.42 Å². The van der Waals surface area contributed by atoms with Crippen LogP contribution in [0.4, 0.5) is 0 Å². The van der Waals surface area contributed by atoms with Crippen LogP contribution in [0.2, 0.25) is 0 Å². The number of nitrogens with two attached hydrogens (primary N) is 1. The molecule has 0 saturated carbocycles. The summed E-state index contributed by atoms with van der Waals surface area (Å²) < 4.78 is 4.81. The highest BCUT2D eigenvalue weighted by Gasteiger charge is 2.06. The molecule has 0 rings (SSSR count). The first-order valence-corrected chi connectivity index (χ1v) is 6.45. The van der Waals surface area contributed by atoms with Crippen LogP contribution in [0.1, 0.15) is 39.0 Å². The molecule has 0 radical (unpaired) electrons. The number of rotatable bonds is 8. The van der Waals surface area contributed by atoms with Crippen molar-refractivity contribution in [2.75, 3.05) is 5.75 Å². The van der Waals surface area contributed by atoms with Gasteiger partial charge in [-0.15, -0.1) is 0 Å². The molecule has 2 unspecified atom stereocenters. The zero-order valence-corrected chi connectivity index (χ0v) is 11.0. The maximum absolute atomic E-state index is 11.1. The monoisotopic (exact) mass is 251 g/mol. The van der Waals surface area contributed by atoms with Crippen LogP contribution in [-0.4, -0.2) is 23.2 Å². The van der Waals surface area contributed by atoms with Gasteiger partial charge in [0, 0.05) is 11.7 Å². The van der Waals surface area contributed by atoms with Crippen molar-refractivity contribution in [3.8, 4) is 0 Å². The maximum atomic E-state index is 11.1. The van der Waals surface area contributed by atoms with Crippen LogP contribution in [-0.2, 0) is 9.53 Å². The van der Waals surface area contributed by atoms with Crippen LogP contribution in [0, 0.1) is 0 Å². The molecule has 0 aromatic carbocycles. The number of hydrogen-bond acceptors (Lipinski definition) is 5. The summed E-state index contributed by atoms with van der Waals surface area (Å²) in [6, 6.07) is 0. The Kier molecular flexibility index (Phi) is 9.44. The molecule has 5 heteroatoms. The average molecular weight is 251 g/mol. The van der Waals surface area contributed by atoms with Gasteiger partial charge >= 0.3 is 5.97 Å². The van der Waals surface area contributed by atoms with E-state index in [1.54, 1.807) is 6.92 Å². The largest absolute Gasteiger partial charge is 0.447 e. The summed E-state index contributed by atoms with van der Waals surface area (Å²) in [6.07, 6.45) is 3.82. The molecule has 90 valence electrons. The van der Waals surface area contributed by atoms with Crippen LogP contribution in [0.15, 0.2) is 0 Å². The number of esters is 1. The van der Waals surface area contributed by atoms with Crippen molar-refractivity contribution in [2.24, 2.45) is 5.73 Å². The number of thiol groups is 2. The van der Waals surface area contributed by atoms with E-state index in [1.807, 2.05) is 0 Å². The number of unbranched alkanes of at least 4 members (excludes halogenated alkanes) is 1. The first kappa shape index (κ1) is 15.1. The van der Waals surface area contributed by atoms with E-state index < -0.39 is 6.23 Å². The SMILES string of the molecule is CC(N)OC(=O)CCCCC(S)CCS. The molecule has 0 fully saturated rings. The third kappa shape index (κ3) is 10.4. The maximum Gasteiger partial charge on any atom is 0.307 e. The van der Waals surface area contributed by atoms with E-state index in [4.69, 9.17) is 10.5 Å². The number of ether oxygens (including phenoxy) is 1. The van der Waals surface area contributed by atoms with E-state index in [1.165, 1.54) is 0 Å². The molecule has 0 saturated heterocycles. The Labute approximate surface area is 103 Å². The lowest BCUT2D eigenvalue weighted by Gasteiger charge is -2.09. The average Bonchev–Trinajstić information content (AvgIpc) is 2.12. The molecule has 0 aromatic heterocycles. The van der Waals surface area contributed by atoms with Gasteiger partial charge < -0.3 is 4.74 Å². The second-order valence-corrected chi connectivity index (χ2v) is 4.78. The Morgan fingerprint density at radius 1 is 1.40 bits per heavy atom. The van der Waals surface area contributed by atoms with Gasteiger partial charge in [0.15, 0.2) is 0 Å². The Hall–Kier alpha value is 0.130. The molecular weight excluding hydrogens is 230 g/mol. The number of carbonyl (C=O) groups excluding carboxylic acids is 1. The second kappa shape index (κ2) is 9.36. The zero-order valence-electron chi connectivity index (χ0n) is 9.19. The van der Waals surface area contributed by atoms with Crippen molar-refractivity contribution in [1.29, 1.82) is 0 Å². The minimum absolute atomic E-state index is 0.213. The summed E-state index contributed by atoms with van der Waals surface area (Å²) in [5, 5.41) is 0.395. The summed E-state index contributed by atoms with van der Waals surface area (Å²) in [4.78, 5) is 11.1. The van der Waals surface area contributed by atoms with Crippen molar-refractivity contribution in [3.05, 3.63) is 0 Å². The topological polar surface area (TPSA) is 52.3 Å². The minimum atomic E-state index is -0.501. The Morgan fingerprint density at radius 3 is 2.60 bits per heavy atom. The Balaban J connectivity index is 3.34. The van der Waals surface area contributed by atoms with Crippen LogP contribution in [0.5, 0.6) is 0 Å². The van der Waals surface area contributed by atoms with Gasteiger partial charge in [0.25, 0.3) is 0 Å². The fourth-order valence-electron chi connectivity index (χ4n) is 1.21. The van der Waals surface area contributed by atoms with Crippen LogP contribution in [0.25, 0.3) is 0 Å². The third-order valence-electron chi connectivity index (χ3n) is 1.95. The fraction of sp³-hybridized carbons (Fsp3) is 0.900. The molecule has 0 aliphatic rings. The van der Waals surface area contributed by atoms with Gasteiger partial charge in [-0.2, -0.15) is 25.3 Å². The predicted octanol–water partition coefficient (Wildman–Crippen LogP) is 2.01. The highest BCUT2D eigenvalue weighted by atomic mass is 32.1. The van der Waals surface area contributed by atoms with Crippen LogP contribution >= 0.6 is 25.3 Å². The molecule has 0 aromatic rings. The van der Waals surface area contributed by atoms with Gasteiger partial charge in [-0.3, -0.25) is 10.5 Å². The highest BCUT2D eigenvalue weighted by molar-refractivity contribution is 7.81. The first-order valence-electron chi connectivity index (χ1n) is 5.30. The van der Waals surface area contributed by atoms with Crippen molar-refractivity contribution < 1.29 is 9.53 Å². The Morgan fingerprint density at radius 2 is 2.07 bits per heavy atom. The molecule has 0 aliphatic heterocycles. The molecule has 0 amide bonds. The normalized spacial score (nSPS) is 14.7. The van der Waals surface area contributed by atoms with Crippen molar-refractivity contribution >= 4 is 31.2 Å². The molecule has 0 spiro atoms. The molecule has 2 N–H and O–H groups in total. The van der Waals surface area contributed by atoms with E-state index in [0.29, 0.717) is 11.7 Å². The van der Waals surface area contributed by atoms with Gasteiger partial charge in [-0.25, -0.2) is 0 Å². The standard InChI is InChI=1S/C10H21NO2S2/c1-8(11)13-10(12)5-3-2-4-9(15)6-7-14/h8-9,14-15H,2-7,11H2,1H3. The van der Waals surface area contributed by atoms with E-state index in [-0.39, 0.29) is 5.97 Å². The Bertz CT molecular complexity index is 177. The lowest BCUT2D eigenvalue weighted by molar-refractivity contribution is -0.148. The molecule has 3 nitrogen and oxygen atoms in total. The lowest BCUT2D eigenvalue weighted by atomic mass is 10.1. The van der Waals surface area contributed by atoms with E-state index in [2.05, 4.69) is 25.3 Å². The molecule has 0 aliphatic carbocycles. The second-order valence-electron chi connectivity index (χ2n) is 3.61. The molecule has 2 atom stereocenters. The van der Waals surface area contributed by atoms with Crippen molar-refractivity contribution in [1.82, 2.24) is 0 Å². The van der Waals surface area contributed by atoms with Crippen molar-refractivity contribution in [3.63, 3.8) is 0 Å². The minimum Gasteiger partial charge on any atom is -0.447 e. The fourth-order valence-corrected chi connectivity index (χ4v) is 2.04. The third-order valence-corrected chi connectivity index (χ3v) is 2.72. The summed E-state index contributed by atoms with van der Waals surface area (Å²) in [5.74, 6) is 0.649. The van der Waals surface area contributed by atoms with E-state index >= 15 is 0 Å². The van der Waals surface area contributed by atoms with Crippen LogP contribution in [0.3, 0.4) is 0 Å². The smallest absolute Gasteiger partial charge is 0.307 e. The first-order chi connectivity index (χ1) is 7.06. The highest BCUT2D eigenvalue weighted by Crippen LogP contribution is 2.12. The number of hydrogen-bond donors (Lipinski definition) is 3. The van der Waals surface area contributed by atoms with Crippen LogP contribution < -0.4 is 5.73 Å². The van der Waals surface area contributed by atoms with Gasteiger partial charge in [0.1, 0.15) is 6.23 Å².